The van der Waals surface area contributed by atoms with Crippen molar-refractivity contribution in [1.29, 1.82) is 0 Å². The van der Waals surface area contributed by atoms with E-state index in [4.69, 9.17) is 9.47 Å². The summed E-state index contributed by atoms with van der Waals surface area (Å²) in [5.74, 6) is 1.29. The second-order valence-electron chi connectivity index (χ2n) is 3.49. The van der Waals surface area contributed by atoms with Crippen LogP contribution in [-0.2, 0) is 4.74 Å². The van der Waals surface area contributed by atoms with Gasteiger partial charge in [-0.25, -0.2) is 4.98 Å². The number of ether oxygens (including phenoxy) is 2. The highest BCUT2D eigenvalue weighted by molar-refractivity contribution is 9.09. The van der Waals surface area contributed by atoms with Crippen LogP contribution in [0, 0.1) is 0 Å². The van der Waals surface area contributed by atoms with Gasteiger partial charge in [0.2, 0.25) is 11.8 Å². The van der Waals surface area contributed by atoms with Crippen LogP contribution in [0.4, 0.5) is 5.95 Å². The molecule has 2 rings (SSSR count). The van der Waals surface area contributed by atoms with Gasteiger partial charge in [-0.3, -0.25) is 0 Å². The van der Waals surface area contributed by atoms with Crippen molar-refractivity contribution in [3.05, 3.63) is 12.3 Å². The Kier molecular flexibility index (Phi) is 3.95. The standard InChI is InChI=1S/C10H14BrN3O2/c1-15-9-2-3-12-10(13-9)14-4-5-16-8(6-11)7-14/h2-3,8H,4-7H2,1H3. The summed E-state index contributed by atoms with van der Waals surface area (Å²) in [5.41, 5.74) is 0. The van der Waals surface area contributed by atoms with Crippen LogP contribution in [0.2, 0.25) is 0 Å². The SMILES string of the molecule is COc1ccnc(N2CCOC(CBr)C2)n1. The number of aromatic nitrogens is 2. The molecule has 0 aliphatic carbocycles. The minimum Gasteiger partial charge on any atom is -0.481 e. The van der Waals surface area contributed by atoms with Gasteiger partial charge in [-0.2, -0.15) is 4.98 Å². The molecule has 0 bridgehead atoms. The average molecular weight is 288 g/mol. The molecular weight excluding hydrogens is 274 g/mol. The van der Waals surface area contributed by atoms with Gasteiger partial charge in [-0.1, -0.05) is 15.9 Å². The van der Waals surface area contributed by atoms with Crippen LogP contribution in [0.5, 0.6) is 5.88 Å². The minimum absolute atomic E-state index is 0.198. The second kappa shape index (κ2) is 5.45. The Labute approximate surface area is 103 Å². The monoisotopic (exact) mass is 287 g/mol. The lowest BCUT2D eigenvalue weighted by Crippen LogP contribution is -2.44. The molecule has 0 amide bonds. The molecule has 1 aromatic heterocycles. The highest BCUT2D eigenvalue weighted by Crippen LogP contribution is 2.16. The highest BCUT2D eigenvalue weighted by atomic mass is 79.9. The second-order valence-corrected chi connectivity index (χ2v) is 4.14. The van der Waals surface area contributed by atoms with E-state index in [0.717, 1.165) is 18.4 Å². The first kappa shape index (κ1) is 11.6. The zero-order valence-electron chi connectivity index (χ0n) is 9.10. The lowest BCUT2D eigenvalue weighted by Gasteiger charge is -2.32. The maximum absolute atomic E-state index is 5.56. The Bertz CT molecular complexity index is 351. The maximum atomic E-state index is 5.56. The molecule has 6 heteroatoms. The number of hydrogen-bond donors (Lipinski definition) is 0. The summed E-state index contributed by atoms with van der Waals surface area (Å²) < 4.78 is 10.6. The van der Waals surface area contributed by atoms with Crippen LogP contribution >= 0.6 is 15.9 Å². The molecule has 0 saturated carbocycles. The predicted molar refractivity (Wildman–Crippen MR) is 64.3 cm³/mol. The lowest BCUT2D eigenvalue weighted by molar-refractivity contribution is 0.0564. The zero-order valence-corrected chi connectivity index (χ0v) is 10.7. The largest absolute Gasteiger partial charge is 0.481 e. The molecule has 5 nitrogen and oxygen atoms in total. The van der Waals surface area contributed by atoms with Crippen molar-refractivity contribution in [3.8, 4) is 5.88 Å². The molecular formula is C10H14BrN3O2. The third kappa shape index (κ3) is 2.62. The Morgan fingerprint density at radius 1 is 1.69 bits per heavy atom. The Morgan fingerprint density at radius 3 is 3.31 bits per heavy atom. The fourth-order valence-corrected chi connectivity index (χ4v) is 1.98. The average Bonchev–Trinajstić information content (AvgIpc) is 2.39. The summed E-state index contributed by atoms with van der Waals surface area (Å²) in [7, 11) is 1.60. The molecule has 1 aliphatic heterocycles. The van der Waals surface area contributed by atoms with Crippen molar-refractivity contribution in [2.45, 2.75) is 6.10 Å². The van der Waals surface area contributed by atoms with Gasteiger partial charge in [0.05, 0.1) is 19.8 Å². The predicted octanol–water partition coefficient (Wildman–Crippen LogP) is 1.09. The number of anilines is 1. The first-order valence-corrected chi connectivity index (χ1v) is 6.25. The fourth-order valence-electron chi connectivity index (χ4n) is 1.59. The van der Waals surface area contributed by atoms with Gasteiger partial charge in [0.1, 0.15) is 0 Å². The van der Waals surface area contributed by atoms with Crippen LogP contribution in [0.3, 0.4) is 0 Å². The summed E-state index contributed by atoms with van der Waals surface area (Å²) in [6.45, 7) is 2.33. The molecule has 1 saturated heterocycles. The van der Waals surface area contributed by atoms with E-state index < -0.39 is 0 Å². The molecule has 16 heavy (non-hydrogen) atoms. The van der Waals surface area contributed by atoms with Crippen LogP contribution in [0.25, 0.3) is 0 Å². The zero-order chi connectivity index (χ0) is 11.4. The minimum atomic E-state index is 0.198. The number of halogens is 1. The first-order chi connectivity index (χ1) is 7.83. The molecule has 2 heterocycles. The van der Waals surface area contributed by atoms with Crippen LogP contribution in [0.15, 0.2) is 12.3 Å². The molecule has 1 aliphatic rings. The third-order valence-electron chi connectivity index (χ3n) is 2.42. The van der Waals surface area contributed by atoms with Gasteiger partial charge in [-0.15, -0.1) is 0 Å². The number of nitrogens with zero attached hydrogens (tertiary/aromatic N) is 3. The fraction of sp³-hybridized carbons (Fsp3) is 0.600. The third-order valence-corrected chi connectivity index (χ3v) is 3.14. The van der Waals surface area contributed by atoms with Crippen molar-refractivity contribution in [3.63, 3.8) is 0 Å². The molecule has 1 atom stereocenters. The summed E-state index contributed by atoms with van der Waals surface area (Å²) in [4.78, 5) is 10.7. The van der Waals surface area contributed by atoms with E-state index in [1.54, 1.807) is 19.4 Å². The number of methoxy groups -OCH3 is 1. The van der Waals surface area contributed by atoms with Gasteiger partial charge in [0.25, 0.3) is 0 Å². The maximum Gasteiger partial charge on any atom is 0.228 e. The quantitative estimate of drug-likeness (QED) is 0.779. The number of alkyl halides is 1. The topological polar surface area (TPSA) is 47.5 Å². The van der Waals surface area contributed by atoms with Crippen molar-refractivity contribution < 1.29 is 9.47 Å². The van der Waals surface area contributed by atoms with Gasteiger partial charge < -0.3 is 14.4 Å². The summed E-state index contributed by atoms with van der Waals surface area (Å²) in [6.07, 6.45) is 1.91. The number of hydrogen-bond acceptors (Lipinski definition) is 5. The highest BCUT2D eigenvalue weighted by Gasteiger charge is 2.21. The normalized spacial score (nSPS) is 20.9. The summed E-state index contributed by atoms with van der Waals surface area (Å²) in [5, 5.41) is 0.827. The molecule has 0 radical (unpaired) electrons. The van der Waals surface area contributed by atoms with Gasteiger partial charge in [-0.05, 0) is 0 Å². The molecule has 88 valence electrons. The van der Waals surface area contributed by atoms with Crippen molar-refractivity contribution in [1.82, 2.24) is 9.97 Å². The van der Waals surface area contributed by atoms with Crippen molar-refractivity contribution >= 4 is 21.9 Å². The molecule has 1 aromatic rings. The lowest BCUT2D eigenvalue weighted by atomic mass is 10.3. The molecule has 0 aromatic carbocycles. The van der Waals surface area contributed by atoms with E-state index in [0.29, 0.717) is 18.4 Å². The van der Waals surface area contributed by atoms with E-state index in [2.05, 4.69) is 30.8 Å². The molecule has 0 N–H and O–H groups in total. The number of rotatable bonds is 3. The van der Waals surface area contributed by atoms with E-state index in [1.807, 2.05) is 0 Å². The van der Waals surface area contributed by atoms with Gasteiger partial charge >= 0.3 is 0 Å². The van der Waals surface area contributed by atoms with Crippen molar-refractivity contribution in [2.24, 2.45) is 0 Å². The van der Waals surface area contributed by atoms with Crippen LogP contribution in [0.1, 0.15) is 0 Å². The molecule has 1 fully saturated rings. The Hall–Kier alpha value is -0.880. The number of morpholine rings is 1. The summed E-state index contributed by atoms with van der Waals surface area (Å²) >= 11 is 3.42. The Morgan fingerprint density at radius 2 is 2.56 bits per heavy atom. The molecule has 0 spiro atoms. The Balaban J connectivity index is 2.10. The summed E-state index contributed by atoms with van der Waals surface area (Å²) in [6, 6.07) is 1.74. The smallest absolute Gasteiger partial charge is 0.228 e. The van der Waals surface area contributed by atoms with E-state index >= 15 is 0 Å². The van der Waals surface area contributed by atoms with Gasteiger partial charge in [0, 0.05) is 30.7 Å². The van der Waals surface area contributed by atoms with E-state index in [9.17, 15) is 0 Å². The molecule has 1 unspecified atom stereocenters. The van der Waals surface area contributed by atoms with Crippen LogP contribution in [-0.4, -0.2) is 48.2 Å². The van der Waals surface area contributed by atoms with Crippen molar-refractivity contribution in [2.75, 3.05) is 37.0 Å². The van der Waals surface area contributed by atoms with Gasteiger partial charge in [0.15, 0.2) is 0 Å². The van der Waals surface area contributed by atoms with E-state index in [1.165, 1.54) is 0 Å². The van der Waals surface area contributed by atoms with Crippen LogP contribution < -0.4 is 9.64 Å². The van der Waals surface area contributed by atoms with E-state index in [-0.39, 0.29) is 6.10 Å². The first-order valence-electron chi connectivity index (χ1n) is 5.13.